The molecule has 10 aromatic rings. The molecule has 4 heteroatoms. The van der Waals surface area contributed by atoms with Crippen LogP contribution in [0.1, 0.15) is 25.0 Å². The zero-order chi connectivity index (χ0) is 33.8. The molecule has 0 unspecified atom stereocenters. The van der Waals surface area contributed by atoms with Crippen LogP contribution in [-0.2, 0) is 5.41 Å². The second kappa shape index (κ2) is 10.5. The normalized spacial score (nSPS) is 13.5. The van der Waals surface area contributed by atoms with Crippen LogP contribution in [0.15, 0.2) is 152 Å². The third kappa shape index (κ3) is 3.94. The summed E-state index contributed by atoms with van der Waals surface area (Å²) in [5.74, 6) is 0.720. The lowest BCUT2D eigenvalue weighted by Crippen LogP contribution is -2.15. The predicted molar refractivity (Wildman–Crippen MR) is 215 cm³/mol. The van der Waals surface area contributed by atoms with Gasteiger partial charge in [-0.2, -0.15) is 0 Å². The zero-order valence-corrected chi connectivity index (χ0v) is 29.0. The summed E-state index contributed by atoms with van der Waals surface area (Å²) in [5.41, 5.74) is 12.9. The Kier molecular flexibility index (Phi) is 5.89. The summed E-state index contributed by atoms with van der Waals surface area (Å²) in [7, 11) is 0. The first kappa shape index (κ1) is 28.7. The fourth-order valence-corrected chi connectivity index (χ4v) is 10.2. The van der Waals surface area contributed by atoms with Gasteiger partial charge in [0.15, 0.2) is 5.82 Å². The molecule has 1 aliphatic carbocycles. The molecular formula is C47H31N3S. The minimum atomic E-state index is -0.133. The molecule has 11 rings (SSSR count). The van der Waals surface area contributed by atoms with Gasteiger partial charge in [0.1, 0.15) is 0 Å². The highest BCUT2D eigenvalue weighted by molar-refractivity contribution is 7.26. The molecule has 0 N–H and O–H groups in total. The maximum atomic E-state index is 5.24. The molecule has 51 heavy (non-hydrogen) atoms. The number of hydrogen-bond donors (Lipinski definition) is 0. The summed E-state index contributed by atoms with van der Waals surface area (Å²) in [4.78, 5) is 10.4. The number of para-hydroxylation sites is 2. The van der Waals surface area contributed by atoms with Gasteiger partial charge in [-0.25, -0.2) is 9.97 Å². The van der Waals surface area contributed by atoms with Gasteiger partial charge in [-0.1, -0.05) is 135 Å². The van der Waals surface area contributed by atoms with Crippen molar-refractivity contribution in [1.29, 1.82) is 0 Å². The fraction of sp³-hybridized carbons (Fsp3) is 0.0638. The van der Waals surface area contributed by atoms with E-state index >= 15 is 0 Å². The van der Waals surface area contributed by atoms with E-state index in [0.29, 0.717) is 0 Å². The molecule has 0 spiro atoms. The third-order valence-corrected chi connectivity index (χ3v) is 12.1. The van der Waals surface area contributed by atoms with Crippen LogP contribution in [0.25, 0.3) is 92.3 Å². The van der Waals surface area contributed by atoms with Crippen LogP contribution in [0.3, 0.4) is 0 Å². The molecule has 0 bridgehead atoms. The number of benzene rings is 7. The lowest BCUT2D eigenvalue weighted by atomic mass is 9.81. The van der Waals surface area contributed by atoms with Crippen LogP contribution >= 0.6 is 11.3 Å². The molecule has 0 aliphatic heterocycles. The Balaban J connectivity index is 1.26. The van der Waals surface area contributed by atoms with Crippen molar-refractivity contribution in [3.05, 3.63) is 163 Å². The van der Waals surface area contributed by atoms with Crippen LogP contribution in [0.4, 0.5) is 0 Å². The number of hydrogen-bond acceptors (Lipinski definition) is 3. The third-order valence-electron chi connectivity index (χ3n) is 10.9. The minimum Gasteiger partial charge on any atom is -0.309 e. The highest BCUT2D eigenvalue weighted by Crippen LogP contribution is 2.58. The van der Waals surface area contributed by atoms with Gasteiger partial charge >= 0.3 is 0 Å². The van der Waals surface area contributed by atoms with Crippen LogP contribution in [0.2, 0.25) is 0 Å². The smallest absolute Gasteiger partial charge is 0.160 e. The lowest BCUT2D eigenvalue weighted by Gasteiger charge is -2.22. The average molecular weight is 670 g/mol. The van der Waals surface area contributed by atoms with Crippen molar-refractivity contribution in [3.63, 3.8) is 0 Å². The Morgan fingerprint density at radius 2 is 1.29 bits per heavy atom. The first-order valence-corrected chi connectivity index (χ1v) is 18.3. The average Bonchev–Trinajstić information content (AvgIpc) is 3.80. The number of fused-ring (bicyclic) bond motifs is 13. The standard InChI is InChI=1S/C47H31N3S/c1-47(2)35-23-10-6-19-31(35)39-40-33-21-8-12-25-37(33)50(44(40)41-34-22-9-13-26-38(34)51-45(41)42(39)47)30-18-14-17-29(27-30)46-48-36-24-11-7-20-32(36)43(49-46)28-15-4-3-5-16-28/h3-27H,1-2H3. The van der Waals surface area contributed by atoms with E-state index < -0.39 is 0 Å². The predicted octanol–water partition coefficient (Wildman–Crippen LogP) is 12.7. The topological polar surface area (TPSA) is 30.7 Å². The van der Waals surface area contributed by atoms with Crippen LogP contribution < -0.4 is 0 Å². The maximum Gasteiger partial charge on any atom is 0.160 e. The second-order valence-electron chi connectivity index (χ2n) is 14.1. The van der Waals surface area contributed by atoms with E-state index in [2.05, 4.69) is 164 Å². The van der Waals surface area contributed by atoms with Crippen molar-refractivity contribution in [2.24, 2.45) is 0 Å². The quantitative estimate of drug-likeness (QED) is 0.187. The highest BCUT2D eigenvalue weighted by Gasteiger charge is 2.40. The van der Waals surface area contributed by atoms with Gasteiger partial charge in [-0.15, -0.1) is 11.3 Å². The molecule has 3 nitrogen and oxygen atoms in total. The van der Waals surface area contributed by atoms with Crippen molar-refractivity contribution in [2.45, 2.75) is 19.3 Å². The van der Waals surface area contributed by atoms with Gasteiger partial charge in [0.2, 0.25) is 0 Å². The summed E-state index contributed by atoms with van der Waals surface area (Å²) in [6, 6.07) is 54.5. The van der Waals surface area contributed by atoms with Crippen LogP contribution in [0, 0.1) is 0 Å². The Morgan fingerprint density at radius 3 is 2.18 bits per heavy atom. The van der Waals surface area contributed by atoms with Crippen molar-refractivity contribution >= 4 is 64.2 Å². The Morgan fingerprint density at radius 1 is 0.588 bits per heavy atom. The summed E-state index contributed by atoms with van der Waals surface area (Å²) in [5, 5.41) is 6.29. The monoisotopic (exact) mass is 669 g/mol. The molecule has 0 atom stereocenters. The molecule has 7 aromatic carbocycles. The number of aromatic nitrogens is 3. The lowest BCUT2D eigenvalue weighted by molar-refractivity contribution is 0.667. The first-order valence-electron chi connectivity index (χ1n) is 17.5. The molecule has 240 valence electrons. The molecule has 0 saturated heterocycles. The molecule has 3 heterocycles. The van der Waals surface area contributed by atoms with Gasteiger partial charge in [0.05, 0.1) is 22.2 Å². The van der Waals surface area contributed by atoms with E-state index in [9.17, 15) is 0 Å². The molecule has 0 radical (unpaired) electrons. The largest absolute Gasteiger partial charge is 0.309 e. The second-order valence-corrected chi connectivity index (χ2v) is 15.2. The molecule has 0 fully saturated rings. The van der Waals surface area contributed by atoms with E-state index in [1.165, 1.54) is 64.2 Å². The SMILES string of the molecule is CC1(C)c2ccccc2-c2c1c1sc3ccccc3c1c1c2c2ccccc2n1-c1cccc(-c2nc(-c3ccccc3)c3ccccc3n2)c1. The highest BCUT2D eigenvalue weighted by atomic mass is 32.1. The van der Waals surface area contributed by atoms with Crippen LogP contribution in [0.5, 0.6) is 0 Å². The van der Waals surface area contributed by atoms with E-state index in [4.69, 9.17) is 9.97 Å². The van der Waals surface area contributed by atoms with Gasteiger partial charge in [0.25, 0.3) is 0 Å². The Hall–Kier alpha value is -6.10. The summed E-state index contributed by atoms with van der Waals surface area (Å²) in [6.07, 6.45) is 0. The van der Waals surface area contributed by atoms with Crippen molar-refractivity contribution in [1.82, 2.24) is 14.5 Å². The number of thiophene rings is 1. The number of rotatable bonds is 3. The summed E-state index contributed by atoms with van der Waals surface area (Å²) < 4.78 is 5.20. The maximum absolute atomic E-state index is 5.24. The van der Waals surface area contributed by atoms with Crippen molar-refractivity contribution < 1.29 is 0 Å². The van der Waals surface area contributed by atoms with E-state index in [0.717, 1.165) is 39.2 Å². The van der Waals surface area contributed by atoms with Gasteiger partial charge in [-0.3, -0.25) is 0 Å². The molecular weight excluding hydrogens is 639 g/mol. The molecule has 1 aliphatic rings. The van der Waals surface area contributed by atoms with Crippen LogP contribution in [-0.4, -0.2) is 14.5 Å². The molecule has 0 saturated carbocycles. The zero-order valence-electron chi connectivity index (χ0n) is 28.2. The molecule has 0 amide bonds. The minimum absolute atomic E-state index is 0.133. The first-order chi connectivity index (χ1) is 25.1. The Labute approximate surface area is 299 Å². The van der Waals surface area contributed by atoms with E-state index in [1.54, 1.807) is 0 Å². The van der Waals surface area contributed by atoms with Gasteiger partial charge in [0, 0.05) is 58.6 Å². The fourth-order valence-electron chi connectivity index (χ4n) is 8.75. The Bertz CT molecular complexity index is 3060. The molecule has 3 aromatic heterocycles. The summed E-state index contributed by atoms with van der Waals surface area (Å²) in [6.45, 7) is 4.81. The van der Waals surface area contributed by atoms with E-state index in [-0.39, 0.29) is 5.41 Å². The van der Waals surface area contributed by atoms with Crippen molar-refractivity contribution in [3.8, 4) is 39.5 Å². The van der Waals surface area contributed by atoms with Gasteiger partial charge < -0.3 is 4.57 Å². The van der Waals surface area contributed by atoms with E-state index in [1.807, 2.05) is 17.4 Å². The number of nitrogens with zero attached hydrogens (tertiary/aromatic N) is 3. The van der Waals surface area contributed by atoms with Gasteiger partial charge in [-0.05, 0) is 52.6 Å². The van der Waals surface area contributed by atoms with Crippen molar-refractivity contribution in [2.75, 3.05) is 0 Å². The summed E-state index contributed by atoms with van der Waals surface area (Å²) >= 11 is 1.94.